The second-order valence-electron chi connectivity index (χ2n) is 6.57. The zero-order valence-electron chi connectivity index (χ0n) is 19.9. The van der Waals surface area contributed by atoms with Crippen LogP contribution in [0.4, 0.5) is 0 Å². The minimum atomic E-state index is -1.69. The molecule has 0 amide bonds. The highest BCUT2D eigenvalue weighted by molar-refractivity contribution is 6.01. The minimum absolute atomic E-state index is 0.0415. The van der Waals surface area contributed by atoms with Gasteiger partial charge in [-0.3, -0.25) is 19.2 Å². The fourth-order valence-electron chi connectivity index (χ4n) is 3.43. The van der Waals surface area contributed by atoms with Gasteiger partial charge in [0.15, 0.2) is 23.3 Å². The molecule has 0 spiro atoms. The molecule has 0 unspecified atom stereocenters. The molecular weight excluding hydrogens is 436 g/mol. The molecule has 0 aliphatic heterocycles. The number of para-hydroxylation sites is 1. The summed E-state index contributed by atoms with van der Waals surface area (Å²) in [7, 11) is 2.75. The Morgan fingerprint density at radius 3 is 1.36 bits per heavy atom. The van der Waals surface area contributed by atoms with Crippen molar-refractivity contribution in [2.24, 2.45) is 11.8 Å². The molecule has 0 radical (unpaired) electrons. The lowest BCUT2D eigenvalue weighted by Gasteiger charge is -2.30. The van der Waals surface area contributed by atoms with Crippen molar-refractivity contribution in [1.29, 1.82) is 0 Å². The summed E-state index contributed by atoms with van der Waals surface area (Å²) in [5.41, 5.74) is 0.175. The fraction of sp³-hybridized carbons (Fsp3) is 0.565. The van der Waals surface area contributed by atoms with Crippen LogP contribution in [0.5, 0.6) is 11.5 Å². The van der Waals surface area contributed by atoms with Crippen molar-refractivity contribution in [3.63, 3.8) is 0 Å². The molecule has 33 heavy (non-hydrogen) atoms. The SMILES string of the molecule is CCOC(=O)C(C(=O)OCC)C(c1cccc(OC)c1OC)C(C(=O)OCC)C(=O)OCC. The largest absolute Gasteiger partial charge is 0.493 e. The minimum Gasteiger partial charge on any atom is -0.493 e. The third-order valence-electron chi connectivity index (χ3n) is 4.67. The quantitative estimate of drug-likeness (QED) is 0.242. The Kier molecular flexibility index (Phi) is 11.7. The van der Waals surface area contributed by atoms with Gasteiger partial charge < -0.3 is 28.4 Å². The molecule has 0 aromatic heterocycles. The van der Waals surface area contributed by atoms with E-state index in [0.717, 1.165) is 0 Å². The summed E-state index contributed by atoms with van der Waals surface area (Å²) in [5.74, 6) is -8.29. The van der Waals surface area contributed by atoms with Gasteiger partial charge in [-0.25, -0.2) is 0 Å². The number of carbonyl (C=O) groups is 4. The lowest BCUT2D eigenvalue weighted by molar-refractivity contribution is -0.169. The topological polar surface area (TPSA) is 124 Å². The van der Waals surface area contributed by atoms with Crippen molar-refractivity contribution in [2.75, 3.05) is 40.6 Å². The van der Waals surface area contributed by atoms with Gasteiger partial charge in [-0.15, -0.1) is 0 Å². The van der Waals surface area contributed by atoms with E-state index in [2.05, 4.69) is 0 Å². The molecule has 0 bridgehead atoms. The Morgan fingerprint density at radius 1 is 0.667 bits per heavy atom. The highest BCUT2D eigenvalue weighted by atomic mass is 16.6. The molecular formula is C23H32O10. The van der Waals surface area contributed by atoms with Crippen LogP contribution in [-0.4, -0.2) is 64.5 Å². The van der Waals surface area contributed by atoms with Crippen LogP contribution in [0.3, 0.4) is 0 Å². The standard InChI is InChI=1S/C23H32O10/c1-7-30-20(24)17(21(25)31-8-2)16(14-12-11-13-15(28-5)19(14)29-6)18(22(26)32-9-3)23(27)33-10-4/h11-13,16-18H,7-10H2,1-6H3. The monoisotopic (exact) mass is 468 g/mol. The summed E-state index contributed by atoms with van der Waals surface area (Å²) in [4.78, 5) is 52.0. The lowest BCUT2D eigenvalue weighted by Crippen LogP contribution is -2.43. The van der Waals surface area contributed by atoms with Crippen LogP contribution < -0.4 is 9.47 Å². The average molecular weight is 468 g/mol. The van der Waals surface area contributed by atoms with Crippen LogP contribution in [-0.2, 0) is 38.1 Å². The predicted molar refractivity (Wildman–Crippen MR) is 116 cm³/mol. The van der Waals surface area contributed by atoms with E-state index < -0.39 is 41.6 Å². The van der Waals surface area contributed by atoms with Gasteiger partial charge in [0.05, 0.1) is 40.6 Å². The first-order chi connectivity index (χ1) is 15.8. The Morgan fingerprint density at radius 2 is 1.06 bits per heavy atom. The number of benzene rings is 1. The molecule has 0 atom stereocenters. The van der Waals surface area contributed by atoms with Crippen molar-refractivity contribution in [2.45, 2.75) is 33.6 Å². The molecule has 1 aromatic rings. The molecule has 0 saturated heterocycles. The number of esters is 4. The average Bonchev–Trinajstić information content (AvgIpc) is 2.78. The maximum atomic E-state index is 13.0. The van der Waals surface area contributed by atoms with Gasteiger partial charge in [-0.05, 0) is 33.8 Å². The predicted octanol–water partition coefficient (Wildman–Crippen LogP) is 2.27. The second kappa shape index (κ2) is 14.0. The van der Waals surface area contributed by atoms with Crippen molar-refractivity contribution < 1.29 is 47.6 Å². The Hall–Kier alpha value is -3.30. The smallest absolute Gasteiger partial charge is 0.320 e. The van der Waals surface area contributed by atoms with Crippen LogP contribution in [0.25, 0.3) is 0 Å². The van der Waals surface area contributed by atoms with Crippen molar-refractivity contribution in [3.05, 3.63) is 23.8 Å². The molecule has 0 heterocycles. The number of hydrogen-bond acceptors (Lipinski definition) is 10. The molecule has 10 nitrogen and oxygen atoms in total. The lowest BCUT2D eigenvalue weighted by atomic mass is 9.75. The van der Waals surface area contributed by atoms with Crippen LogP contribution in [0.2, 0.25) is 0 Å². The summed E-state index contributed by atoms with van der Waals surface area (Å²) < 4.78 is 31.3. The van der Waals surface area contributed by atoms with E-state index in [0.29, 0.717) is 0 Å². The van der Waals surface area contributed by atoms with E-state index in [1.165, 1.54) is 20.3 Å². The number of ether oxygens (including phenoxy) is 6. The third kappa shape index (κ3) is 6.84. The van der Waals surface area contributed by atoms with Crippen molar-refractivity contribution in [1.82, 2.24) is 0 Å². The van der Waals surface area contributed by atoms with E-state index in [1.807, 2.05) is 0 Å². The van der Waals surface area contributed by atoms with Gasteiger partial charge in [-0.2, -0.15) is 0 Å². The van der Waals surface area contributed by atoms with E-state index in [9.17, 15) is 19.2 Å². The molecule has 0 saturated carbocycles. The highest BCUT2D eigenvalue weighted by Gasteiger charge is 2.50. The van der Waals surface area contributed by atoms with Crippen LogP contribution in [0.15, 0.2) is 18.2 Å². The van der Waals surface area contributed by atoms with E-state index in [-0.39, 0.29) is 43.5 Å². The summed E-state index contributed by atoms with van der Waals surface area (Å²) in [6.07, 6.45) is 0. The van der Waals surface area contributed by atoms with Crippen LogP contribution >= 0.6 is 0 Å². The molecule has 10 heteroatoms. The molecule has 0 fully saturated rings. The number of carbonyl (C=O) groups excluding carboxylic acids is 4. The molecule has 1 aromatic carbocycles. The van der Waals surface area contributed by atoms with Gasteiger partial charge in [-0.1, -0.05) is 12.1 Å². The Bertz CT molecular complexity index is 743. The first-order valence-corrected chi connectivity index (χ1v) is 10.7. The fourth-order valence-corrected chi connectivity index (χ4v) is 3.43. The molecule has 0 aliphatic rings. The molecule has 0 aliphatic carbocycles. The van der Waals surface area contributed by atoms with Gasteiger partial charge in [0.1, 0.15) is 0 Å². The molecule has 184 valence electrons. The highest BCUT2D eigenvalue weighted by Crippen LogP contribution is 2.44. The third-order valence-corrected chi connectivity index (χ3v) is 4.67. The van der Waals surface area contributed by atoms with Gasteiger partial charge in [0.25, 0.3) is 0 Å². The van der Waals surface area contributed by atoms with Gasteiger partial charge >= 0.3 is 23.9 Å². The zero-order chi connectivity index (χ0) is 25.0. The van der Waals surface area contributed by atoms with E-state index in [4.69, 9.17) is 28.4 Å². The number of hydrogen-bond donors (Lipinski definition) is 0. The summed E-state index contributed by atoms with van der Waals surface area (Å²) in [6.45, 7) is 6.09. The van der Waals surface area contributed by atoms with Gasteiger partial charge in [0, 0.05) is 11.5 Å². The number of methoxy groups -OCH3 is 2. The van der Waals surface area contributed by atoms with Crippen molar-refractivity contribution in [3.8, 4) is 11.5 Å². The maximum Gasteiger partial charge on any atom is 0.320 e. The summed E-state index contributed by atoms with van der Waals surface area (Å²) in [6, 6.07) is 4.68. The van der Waals surface area contributed by atoms with Crippen LogP contribution in [0.1, 0.15) is 39.2 Å². The normalized spacial score (nSPS) is 10.7. The maximum absolute atomic E-state index is 13.0. The first kappa shape index (κ1) is 27.7. The summed E-state index contributed by atoms with van der Waals surface area (Å²) >= 11 is 0. The van der Waals surface area contributed by atoms with E-state index in [1.54, 1.807) is 39.8 Å². The Balaban J connectivity index is 3.94. The van der Waals surface area contributed by atoms with Crippen molar-refractivity contribution >= 4 is 23.9 Å². The molecule has 0 N–H and O–H groups in total. The molecule has 1 rings (SSSR count). The second-order valence-corrected chi connectivity index (χ2v) is 6.57. The van der Waals surface area contributed by atoms with Gasteiger partial charge in [0.2, 0.25) is 0 Å². The summed E-state index contributed by atoms with van der Waals surface area (Å²) in [5, 5.41) is 0. The van der Waals surface area contributed by atoms with Crippen LogP contribution in [0, 0.1) is 11.8 Å². The number of rotatable bonds is 13. The Labute approximate surface area is 193 Å². The first-order valence-electron chi connectivity index (χ1n) is 10.7. The zero-order valence-corrected chi connectivity index (χ0v) is 19.9. The van der Waals surface area contributed by atoms with E-state index >= 15 is 0 Å².